The Balaban J connectivity index is 2.09. The van der Waals surface area contributed by atoms with E-state index in [1.807, 2.05) is 35.2 Å². The standard InChI is InChI=1S/C25H36N2O3S/c1-4-5-6-10-13-24(28)26(15-16-30-3)20-25(29)27(18-22-11-8-7-9-12-22)19-23-21(2)14-17-31-23/h7-9,11-12,14,17H,4-6,10,13,15-16,18-20H2,1-3H3. The van der Waals surface area contributed by atoms with E-state index in [0.29, 0.717) is 32.7 Å². The molecule has 0 aliphatic heterocycles. The van der Waals surface area contributed by atoms with Crippen molar-refractivity contribution in [2.75, 3.05) is 26.8 Å². The molecule has 0 aliphatic rings. The van der Waals surface area contributed by atoms with Crippen LogP contribution in [-0.4, -0.2) is 48.4 Å². The molecular formula is C25H36N2O3S. The highest BCUT2D eigenvalue weighted by atomic mass is 32.1. The Bertz CT molecular complexity index is 791. The van der Waals surface area contributed by atoms with Gasteiger partial charge in [-0.15, -0.1) is 11.3 Å². The Morgan fingerprint density at radius 3 is 2.39 bits per heavy atom. The van der Waals surface area contributed by atoms with Gasteiger partial charge in [0.1, 0.15) is 0 Å². The van der Waals surface area contributed by atoms with Gasteiger partial charge >= 0.3 is 0 Å². The molecule has 1 aromatic carbocycles. The van der Waals surface area contributed by atoms with Gasteiger partial charge in [0.2, 0.25) is 11.8 Å². The van der Waals surface area contributed by atoms with Crippen LogP contribution in [0.3, 0.4) is 0 Å². The number of amides is 2. The molecule has 2 rings (SSSR count). The van der Waals surface area contributed by atoms with Gasteiger partial charge in [-0.05, 0) is 35.9 Å². The van der Waals surface area contributed by atoms with Gasteiger partial charge in [-0.3, -0.25) is 9.59 Å². The first-order valence-corrected chi connectivity index (χ1v) is 12.0. The Hall–Kier alpha value is -2.18. The molecule has 170 valence electrons. The molecule has 0 aliphatic carbocycles. The van der Waals surface area contributed by atoms with Gasteiger partial charge in [0.15, 0.2) is 0 Å². The molecule has 0 saturated carbocycles. The quantitative estimate of drug-likeness (QED) is 0.384. The zero-order valence-corrected chi connectivity index (χ0v) is 20.0. The van der Waals surface area contributed by atoms with Crippen LogP contribution >= 0.6 is 11.3 Å². The molecule has 1 aromatic heterocycles. The van der Waals surface area contributed by atoms with Gasteiger partial charge < -0.3 is 14.5 Å². The first kappa shape index (κ1) is 25.1. The fourth-order valence-corrected chi connectivity index (χ4v) is 4.31. The fourth-order valence-electron chi connectivity index (χ4n) is 3.39. The highest BCUT2D eigenvalue weighted by Gasteiger charge is 2.22. The lowest BCUT2D eigenvalue weighted by molar-refractivity contribution is -0.141. The van der Waals surface area contributed by atoms with Crippen molar-refractivity contribution in [3.05, 3.63) is 57.8 Å². The normalized spacial score (nSPS) is 10.8. The number of carbonyl (C=O) groups excluding carboxylic acids is 2. The van der Waals surface area contributed by atoms with E-state index in [1.54, 1.807) is 23.3 Å². The zero-order chi connectivity index (χ0) is 22.5. The lowest BCUT2D eigenvalue weighted by atomic mass is 10.1. The molecule has 0 radical (unpaired) electrons. The molecule has 0 spiro atoms. The third-order valence-corrected chi connectivity index (χ3v) is 6.37. The molecule has 0 fully saturated rings. The van der Waals surface area contributed by atoms with Crippen molar-refractivity contribution in [1.29, 1.82) is 0 Å². The number of benzene rings is 1. The van der Waals surface area contributed by atoms with Gasteiger partial charge in [-0.2, -0.15) is 0 Å². The number of thiophene rings is 1. The lowest BCUT2D eigenvalue weighted by Crippen LogP contribution is -2.43. The zero-order valence-electron chi connectivity index (χ0n) is 19.1. The van der Waals surface area contributed by atoms with E-state index in [-0.39, 0.29) is 18.4 Å². The lowest BCUT2D eigenvalue weighted by Gasteiger charge is -2.28. The summed E-state index contributed by atoms with van der Waals surface area (Å²) in [4.78, 5) is 30.8. The molecule has 31 heavy (non-hydrogen) atoms. The Kier molecular flexibility index (Phi) is 11.3. The number of nitrogens with zero attached hydrogens (tertiary/aromatic N) is 2. The van der Waals surface area contributed by atoms with Crippen LogP contribution in [0.15, 0.2) is 41.8 Å². The molecule has 0 bridgehead atoms. The average molecular weight is 445 g/mol. The van der Waals surface area contributed by atoms with Gasteiger partial charge in [0, 0.05) is 31.5 Å². The van der Waals surface area contributed by atoms with Gasteiger partial charge in [0.05, 0.1) is 19.7 Å². The Labute approximate surface area is 191 Å². The largest absolute Gasteiger partial charge is 0.383 e. The van der Waals surface area contributed by atoms with E-state index < -0.39 is 0 Å². The second-order valence-corrected chi connectivity index (χ2v) is 8.88. The third kappa shape index (κ3) is 8.83. The maximum absolute atomic E-state index is 13.3. The first-order chi connectivity index (χ1) is 15.0. The van der Waals surface area contributed by atoms with Crippen molar-refractivity contribution in [3.8, 4) is 0 Å². The summed E-state index contributed by atoms with van der Waals surface area (Å²) in [7, 11) is 1.62. The van der Waals surface area contributed by atoms with Gasteiger partial charge in [0.25, 0.3) is 0 Å². The number of rotatable bonds is 14. The second-order valence-electron chi connectivity index (χ2n) is 7.88. The smallest absolute Gasteiger partial charge is 0.242 e. The number of ether oxygens (including phenoxy) is 1. The van der Waals surface area contributed by atoms with E-state index >= 15 is 0 Å². The van der Waals surface area contributed by atoms with Gasteiger partial charge in [-0.25, -0.2) is 0 Å². The second kappa shape index (κ2) is 14.0. The molecule has 0 unspecified atom stereocenters. The monoisotopic (exact) mass is 444 g/mol. The average Bonchev–Trinajstić information content (AvgIpc) is 3.18. The van der Waals surface area contributed by atoms with Crippen molar-refractivity contribution in [1.82, 2.24) is 9.80 Å². The summed E-state index contributed by atoms with van der Waals surface area (Å²) in [6.07, 6.45) is 4.67. The van der Waals surface area contributed by atoms with Crippen LogP contribution in [0.2, 0.25) is 0 Å². The first-order valence-electron chi connectivity index (χ1n) is 11.2. The Morgan fingerprint density at radius 1 is 0.968 bits per heavy atom. The molecule has 5 nitrogen and oxygen atoms in total. The number of methoxy groups -OCH3 is 1. The van der Waals surface area contributed by atoms with Crippen molar-refractivity contribution >= 4 is 23.2 Å². The molecule has 2 amide bonds. The molecule has 1 heterocycles. The maximum atomic E-state index is 13.3. The number of aryl methyl sites for hydroxylation is 1. The van der Waals surface area contributed by atoms with Crippen molar-refractivity contribution in [2.24, 2.45) is 0 Å². The van der Waals surface area contributed by atoms with E-state index in [4.69, 9.17) is 4.74 Å². The molecular weight excluding hydrogens is 408 g/mol. The van der Waals surface area contributed by atoms with Crippen LogP contribution in [0.1, 0.15) is 55.0 Å². The molecule has 2 aromatic rings. The van der Waals surface area contributed by atoms with Crippen LogP contribution in [0, 0.1) is 6.92 Å². The van der Waals surface area contributed by atoms with E-state index in [1.165, 1.54) is 10.4 Å². The van der Waals surface area contributed by atoms with Crippen LogP contribution in [0.25, 0.3) is 0 Å². The number of unbranched alkanes of at least 4 members (excludes halogenated alkanes) is 3. The highest BCUT2D eigenvalue weighted by molar-refractivity contribution is 7.10. The summed E-state index contributed by atoms with van der Waals surface area (Å²) in [5, 5.41) is 2.06. The molecule has 0 saturated heterocycles. The number of carbonyl (C=O) groups is 2. The topological polar surface area (TPSA) is 49.9 Å². The van der Waals surface area contributed by atoms with Crippen LogP contribution in [-0.2, 0) is 27.4 Å². The maximum Gasteiger partial charge on any atom is 0.242 e. The third-order valence-electron chi connectivity index (χ3n) is 5.36. The summed E-state index contributed by atoms with van der Waals surface area (Å²) in [5.74, 6) is 0.00290. The Morgan fingerprint density at radius 2 is 1.74 bits per heavy atom. The SMILES string of the molecule is CCCCCCC(=O)N(CCOC)CC(=O)N(Cc1ccccc1)Cc1sccc1C. The summed E-state index contributed by atoms with van der Waals surface area (Å²) >= 11 is 1.67. The summed E-state index contributed by atoms with van der Waals surface area (Å²) in [6, 6.07) is 12.1. The molecule has 0 atom stereocenters. The minimum absolute atomic E-state index is 0.0327. The van der Waals surface area contributed by atoms with Crippen molar-refractivity contribution < 1.29 is 14.3 Å². The van der Waals surface area contributed by atoms with Crippen LogP contribution in [0.4, 0.5) is 0 Å². The molecule has 6 heteroatoms. The van der Waals surface area contributed by atoms with Crippen molar-refractivity contribution in [2.45, 2.75) is 59.0 Å². The predicted molar refractivity (Wildman–Crippen MR) is 127 cm³/mol. The number of hydrogen-bond acceptors (Lipinski definition) is 4. The summed E-state index contributed by atoms with van der Waals surface area (Å²) in [6.45, 7) is 6.26. The number of hydrogen-bond donors (Lipinski definition) is 0. The predicted octanol–water partition coefficient (Wildman–Crippen LogP) is 5.03. The van der Waals surface area contributed by atoms with Crippen molar-refractivity contribution in [3.63, 3.8) is 0 Å². The van der Waals surface area contributed by atoms with Crippen LogP contribution < -0.4 is 0 Å². The van der Waals surface area contributed by atoms with Crippen LogP contribution in [0.5, 0.6) is 0 Å². The summed E-state index contributed by atoms with van der Waals surface area (Å²) in [5.41, 5.74) is 2.28. The van der Waals surface area contributed by atoms with Gasteiger partial charge in [-0.1, -0.05) is 56.5 Å². The molecule has 0 N–H and O–H groups in total. The van der Waals surface area contributed by atoms with E-state index in [9.17, 15) is 9.59 Å². The highest BCUT2D eigenvalue weighted by Crippen LogP contribution is 2.20. The minimum Gasteiger partial charge on any atom is -0.383 e. The van der Waals surface area contributed by atoms with E-state index in [2.05, 4.69) is 25.3 Å². The summed E-state index contributed by atoms with van der Waals surface area (Å²) < 4.78 is 5.19. The van der Waals surface area contributed by atoms with E-state index in [0.717, 1.165) is 31.2 Å². The minimum atomic E-state index is -0.0327. The fraction of sp³-hybridized carbons (Fsp3) is 0.520.